The molecule has 1 atom stereocenters. The van der Waals surface area contributed by atoms with Gasteiger partial charge in [-0.15, -0.1) is 11.3 Å². The molecule has 4 nitrogen and oxygen atoms in total. The number of hydrogen-bond acceptors (Lipinski definition) is 5. The summed E-state index contributed by atoms with van der Waals surface area (Å²) in [5.41, 5.74) is 3.24. The number of rotatable bonds is 5. The second-order valence-corrected chi connectivity index (χ2v) is 8.61. The Hall–Kier alpha value is -1.68. The van der Waals surface area contributed by atoms with E-state index in [2.05, 4.69) is 33.1 Å². The lowest BCUT2D eigenvalue weighted by Gasteiger charge is -2.23. The Kier molecular flexibility index (Phi) is 4.89. The van der Waals surface area contributed by atoms with Crippen LogP contribution in [0.25, 0.3) is 0 Å². The lowest BCUT2D eigenvalue weighted by Crippen LogP contribution is -2.27. The summed E-state index contributed by atoms with van der Waals surface area (Å²) < 4.78 is 0. The number of fused-ring (bicyclic) bond motifs is 1. The topological polar surface area (TPSA) is 56.1 Å². The molecule has 1 aliphatic carbocycles. The number of anilines is 1. The number of nitriles is 1. The number of thiophene rings is 2. The Morgan fingerprint density at radius 2 is 2.32 bits per heavy atom. The molecule has 1 unspecified atom stereocenters. The molecule has 0 bridgehead atoms. The summed E-state index contributed by atoms with van der Waals surface area (Å²) in [4.78, 5) is 16.1. The van der Waals surface area contributed by atoms with Gasteiger partial charge in [-0.05, 0) is 66.6 Å². The molecule has 0 saturated carbocycles. The normalized spacial score (nSPS) is 19.7. The Labute approximate surface area is 156 Å². The fourth-order valence-electron chi connectivity index (χ4n) is 3.98. The lowest BCUT2D eigenvalue weighted by molar-refractivity contribution is -0.116. The molecule has 4 rings (SSSR count). The Morgan fingerprint density at radius 1 is 1.40 bits per heavy atom. The summed E-state index contributed by atoms with van der Waals surface area (Å²) >= 11 is 3.33. The monoisotopic (exact) mass is 371 g/mol. The van der Waals surface area contributed by atoms with Crippen molar-refractivity contribution in [2.45, 2.75) is 44.6 Å². The summed E-state index contributed by atoms with van der Waals surface area (Å²) in [5.74, 6) is 0.0207. The Balaban J connectivity index is 1.36. The molecule has 0 radical (unpaired) electrons. The SMILES string of the molecule is N#Cc1c(NC(=O)CCN2CCCC2c2ccsc2)sc2c1CCC2. The van der Waals surface area contributed by atoms with Crippen molar-refractivity contribution in [3.05, 3.63) is 38.4 Å². The van der Waals surface area contributed by atoms with Gasteiger partial charge in [0.25, 0.3) is 0 Å². The number of nitrogens with one attached hydrogen (secondary N) is 1. The second-order valence-electron chi connectivity index (χ2n) is 6.72. The summed E-state index contributed by atoms with van der Waals surface area (Å²) in [6.07, 6.45) is 5.99. The van der Waals surface area contributed by atoms with Gasteiger partial charge in [0.05, 0.1) is 5.56 Å². The Morgan fingerprint density at radius 3 is 3.12 bits per heavy atom. The first-order chi connectivity index (χ1) is 12.3. The molecule has 1 aliphatic heterocycles. The van der Waals surface area contributed by atoms with Crippen molar-refractivity contribution in [2.75, 3.05) is 18.4 Å². The zero-order valence-corrected chi connectivity index (χ0v) is 15.7. The van der Waals surface area contributed by atoms with Crippen LogP contribution in [0.3, 0.4) is 0 Å². The maximum atomic E-state index is 12.4. The minimum Gasteiger partial charge on any atom is -0.317 e. The van der Waals surface area contributed by atoms with Crippen molar-refractivity contribution in [2.24, 2.45) is 0 Å². The fourth-order valence-corrected chi connectivity index (χ4v) is 5.94. The average molecular weight is 372 g/mol. The molecule has 130 valence electrons. The van der Waals surface area contributed by atoms with Crippen molar-refractivity contribution in [3.8, 4) is 6.07 Å². The van der Waals surface area contributed by atoms with E-state index >= 15 is 0 Å². The van der Waals surface area contributed by atoms with Gasteiger partial charge < -0.3 is 5.32 Å². The van der Waals surface area contributed by atoms with Gasteiger partial charge in [-0.25, -0.2) is 0 Å². The number of carbonyl (C=O) groups is 1. The largest absolute Gasteiger partial charge is 0.317 e. The predicted molar refractivity (Wildman–Crippen MR) is 102 cm³/mol. The van der Waals surface area contributed by atoms with Crippen LogP contribution in [0.4, 0.5) is 5.00 Å². The number of hydrogen-bond donors (Lipinski definition) is 1. The minimum atomic E-state index is 0.0207. The maximum absolute atomic E-state index is 12.4. The molecule has 2 aromatic heterocycles. The van der Waals surface area contributed by atoms with Crippen LogP contribution in [0, 0.1) is 11.3 Å². The van der Waals surface area contributed by atoms with Crippen molar-refractivity contribution in [1.29, 1.82) is 5.26 Å². The average Bonchev–Trinajstić information content (AvgIpc) is 3.36. The van der Waals surface area contributed by atoms with Gasteiger partial charge >= 0.3 is 0 Å². The van der Waals surface area contributed by atoms with E-state index in [9.17, 15) is 10.1 Å². The zero-order chi connectivity index (χ0) is 17.2. The van der Waals surface area contributed by atoms with Crippen LogP contribution in [0.5, 0.6) is 0 Å². The summed E-state index contributed by atoms with van der Waals surface area (Å²) in [7, 11) is 0. The highest BCUT2D eigenvalue weighted by Crippen LogP contribution is 2.38. The number of aryl methyl sites for hydroxylation is 1. The van der Waals surface area contributed by atoms with E-state index in [1.54, 1.807) is 22.7 Å². The number of likely N-dealkylation sites (tertiary alicyclic amines) is 1. The van der Waals surface area contributed by atoms with Gasteiger partial charge in [-0.1, -0.05) is 0 Å². The van der Waals surface area contributed by atoms with Crippen LogP contribution in [0.15, 0.2) is 16.8 Å². The second kappa shape index (κ2) is 7.28. The fraction of sp³-hybridized carbons (Fsp3) is 0.474. The van der Waals surface area contributed by atoms with Gasteiger partial charge in [0.1, 0.15) is 11.1 Å². The van der Waals surface area contributed by atoms with Crippen molar-refractivity contribution in [3.63, 3.8) is 0 Å². The van der Waals surface area contributed by atoms with Crippen LogP contribution in [0.2, 0.25) is 0 Å². The third kappa shape index (κ3) is 3.37. The van der Waals surface area contributed by atoms with Crippen LogP contribution < -0.4 is 5.32 Å². The standard InChI is InChI=1S/C19H21N3OS2/c20-11-15-14-3-1-5-17(14)25-19(15)21-18(23)6-9-22-8-2-4-16(22)13-7-10-24-12-13/h7,10,12,16H,1-6,8-9H2,(H,21,23). The summed E-state index contributed by atoms with van der Waals surface area (Å²) in [6.45, 7) is 1.84. The van der Waals surface area contributed by atoms with Gasteiger partial charge in [0.15, 0.2) is 0 Å². The first-order valence-electron chi connectivity index (χ1n) is 8.87. The van der Waals surface area contributed by atoms with Crippen molar-refractivity contribution in [1.82, 2.24) is 4.90 Å². The maximum Gasteiger partial charge on any atom is 0.226 e. The highest BCUT2D eigenvalue weighted by Gasteiger charge is 2.27. The molecule has 0 spiro atoms. The molecule has 2 aliphatic rings. The highest BCUT2D eigenvalue weighted by atomic mass is 32.1. The van der Waals surface area contributed by atoms with Crippen LogP contribution in [0.1, 0.15) is 53.3 Å². The third-order valence-electron chi connectivity index (χ3n) is 5.20. The number of carbonyl (C=O) groups excluding carboxylic acids is 1. The summed E-state index contributed by atoms with van der Waals surface area (Å²) in [6, 6.07) is 4.94. The molecule has 1 amide bonds. The quantitative estimate of drug-likeness (QED) is 0.851. The first-order valence-corrected chi connectivity index (χ1v) is 10.6. The van der Waals surface area contributed by atoms with E-state index < -0.39 is 0 Å². The van der Waals surface area contributed by atoms with E-state index in [-0.39, 0.29) is 5.91 Å². The molecular formula is C19H21N3OS2. The molecule has 25 heavy (non-hydrogen) atoms. The minimum absolute atomic E-state index is 0.0207. The predicted octanol–water partition coefficient (Wildman–Crippen LogP) is 4.34. The molecule has 0 aromatic carbocycles. The molecule has 1 saturated heterocycles. The molecule has 6 heteroatoms. The first kappa shape index (κ1) is 16.8. The van der Waals surface area contributed by atoms with Crippen molar-refractivity contribution >= 4 is 33.6 Å². The molecule has 1 N–H and O–H groups in total. The molecular weight excluding hydrogens is 350 g/mol. The molecule has 1 fully saturated rings. The van der Waals surface area contributed by atoms with Gasteiger partial charge in [0, 0.05) is 23.9 Å². The van der Waals surface area contributed by atoms with E-state index in [0.717, 1.165) is 37.4 Å². The van der Waals surface area contributed by atoms with E-state index in [0.29, 0.717) is 18.0 Å². The van der Waals surface area contributed by atoms with Crippen LogP contribution >= 0.6 is 22.7 Å². The smallest absolute Gasteiger partial charge is 0.226 e. The van der Waals surface area contributed by atoms with E-state index in [1.807, 2.05) is 0 Å². The zero-order valence-electron chi connectivity index (χ0n) is 14.1. The number of amides is 1. The summed E-state index contributed by atoms with van der Waals surface area (Å²) in [5, 5.41) is 17.5. The lowest BCUT2D eigenvalue weighted by atomic mass is 10.1. The van der Waals surface area contributed by atoms with Gasteiger partial charge in [0.2, 0.25) is 5.91 Å². The van der Waals surface area contributed by atoms with E-state index in [1.165, 1.54) is 28.8 Å². The van der Waals surface area contributed by atoms with Gasteiger partial charge in [-0.2, -0.15) is 16.6 Å². The number of nitrogens with zero attached hydrogens (tertiary/aromatic N) is 2. The molecule has 3 heterocycles. The van der Waals surface area contributed by atoms with Crippen molar-refractivity contribution < 1.29 is 4.79 Å². The van der Waals surface area contributed by atoms with Crippen LogP contribution in [-0.2, 0) is 17.6 Å². The highest BCUT2D eigenvalue weighted by molar-refractivity contribution is 7.16. The van der Waals surface area contributed by atoms with E-state index in [4.69, 9.17) is 0 Å². The third-order valence-corrected chi connectivity index (χ3v) is 7.11. The molecule has 2 aromatic rings. The Bertz CT molecular complexity index is 803. The van der Waals surface area contributed by atoms with Crippen LogP contribution in [-0.4, -0.2) is 23.9 Å². The van der Waals surface area contributed by atoms with Gasteiger partial charge in [-0.3, -0.25) is 9.69 Å².